The van der Waals surface area contributed by atoms with Crippen molar-refractivity contribution >= 4 is 11.9 Å². The predicted molar refractivity (Wildman–Crippen MR) is 45.2 cm³/mol. The van der Waals surface area contributed by atoms with Crippen molar-refractivity contribution in [2.45, 2.75) is 0 Å². The Morgan fingerprint density at radius 2 is 2.33 bits per heavy atom. The summed E-state index contributed by atoms with van der Waals surface area (Å²) >= 11 is 0. The predicted octanol–water partition coefficient (Wildman–Crippen LogP) is -0.0333. The van der Waals surface area contributed by atoms with Crippen molar-refractivity contribution < 1.29 is 23.9 Å². The fraction of sp³-hybridized carbons (Fsp3) is 0.125. The number of amides is 1. The third-order valence-electron chi connectivity index (χ3n) is 1.36. The molecular formula is C8H7FN2O4. The van der Waals surface area contributed by atoms with Crippen LogP contribution in [0.5, 0.6) is 0 Å². The lowest BCUT2D eigenvalue weighted by atomic mass is 10.3. The number of carboxylic acids is 1. The Balaban J connectivity index is 2.54. The molecule has 0 fully saturated rings. The number of hydrogen-bond donors (Lipinski definition) is 2. The molecule has 0 saturated heterocycles. The number of carbonyl (C=O) groups is 2. The van der Waals surface area contributed by atoms with Crippen LogP contribution in [0.3, 0.4) is 0 Å². The summed E-state index contributed by atoms with van der Waals surface area (Å²) < 4.78 is 12.9. The summed E-state index contributed by atoms with van der Waals surface area (Å²) in [6.07, 6.45) is 1.18. The van der Waals surface area contributed by atoms with Gasteiger partial charge < -0.3 is 5.11 Å². The topological polar surface area (TPSA) is 88.5 Å². The highest BCUT2D eigenvalue weighted by atomic mass is 19.1. The molecule has 0 bridgehead atoms. The van der Waals surface area contributed by atoms with Gasteiger partial charge in [0.25, 0.3) is 5.91 Å². The van der Waals surface area contributed by atoms with Crippen molar-refractivity contribution in [3.8, 4) is 0 Å². The number of nitrogens with one attached hydrogen (secondary N) is 1. The van der Waals surface area contributed by atoms with Gasteiger partial charge in [0, 0.05) is 6.20 Å². The molecule has 0 aliphatic rings. The van der Waals surface area contributed by atoms with Crippen molar-refractivity contribution in [1.29, 1.82) is 0 Å². The maximum absolute atomic E-state index is 12.9. The molecule has 80 valence electrons. The standard InChI is InChI=1S/C8H7FN2O4/c9-7-5(2-1-3-10-7)8(14)11-15-4-6(12)13/h1-3H,4H2,(H,11,14)(H,12,13). The quantitative estimate of drug-likeness (QED) is 0.542. The van der Waals surface area contributed by atoms with Crippen molar-refractivity contribution in [2.75, 3.05) is 6.61 Å². The number of hydroxylamine groups is 1. The zero-order chi connectivity index (χ0) is 11.3. The van der Waals surface area contributed by atoms with E-state index in [1.807, 2.05) is 0 Å². The van der Waals surface area contributed by atoms with Crippen molar-refractivity contribution in [3.05, 3.63) is 29.8 Å². The zero-order valence-corrected chi connectivity index (χ0v) is 7.44. The van der Waals surface area contributed by atoms with Crippen LogP contribution in [-0.2, 0) is 9.63 Å². The van der Waals surface area contributed by atoms with Gasteiger partial charge in [-0.3, -0.25) is 9.63 Å². The summed E-state index contributed by atoms with van der Waals surface area (Å²) in [6, 6.07) is 2.57. The third-order valence-corrected chi connectivity index (χ3v) is 1.36. The number of nitrogens with zero attached hydrogens (tertiary/aromatic N) is 1. The summed E-state index contributed by atoms with van der Waals surface area (Å²) in [7, 11) is 0. The molecule has 1 heterocycles. The highest BCUT2D eigenvalue weighted by molar-refractivity contribution is 5.93. The molecule has 0 aliphatic carbocycles. The number of carbonyl (C=O) groups excluding carboxylic acids is 1. The largest absolute Gasteiger partial charge is 0.479 e. The number of aliphatic carboxylic acids is 1. The van der Waals surface area contributed by atoms with Crippen molar-refractivity contribution in [3.63, 3.8) is 0 Å². The van der Waals surface area contributed by atoms with Crippen LogP contribution in [0.2, 0.25) is 0 Å². The second kappa shape index (κ2) is 5.01. The maximum atomic E-state index is 12.9. The average molecular weight is 214 g/mol. The summed E-state index contributed by atoms with van der Waals surface area (Å²) in [4.78, 5) is 28.7. The molecular weight excluding hydrogens is 207 g/mol. The first-order chi connectivity index (χ1) is 7.11. The summed E-state index contributed by atoms with van der Waals surface area (Å²) in [5.74, 6) is -3.09. The van der Waals surface area contributed by atoms with Crippen LogP contribution in [0.1, 0.15) is 10.4 Å². The van der Waals surface area contributed by atoms with Crippen LogP contribution in [-0.4, -0.2) is 28.6 Å². The van der Waals surface area contributed by atoms with Gasteiger partial charge in [-0.25, -0.2) is 15.3 Å². The highest BCUT2D eigenvalue weighted by Gasteiger charge is 2.12. The minimum absolute atomic E-state index is 0.317. The van der Waals surface area contributed by atoms with Gasteiger partial charge in [0.1, 0.15) is 0 Å². The summed E-state index contributed by atoms with van der Waals surface area (Å²) in [5.41, 5.74) is 1.45. The Kier molecular flexibility index (Phi) is 3.69. The fourth-order valence-corrected chi connectivity index (χ4v) is 0.774. The minimum atomic E-state index is -1.25. The normalized spacial score (nSPS) is 9.67. The molecule has 0 radical (unpaired) electrons. The van der Waals surface area contributed by atoms with E-state index in [1.165, 1.54) is 18.3 Å². The maximum Gasteiger partial charge on any atom is 0.332 e. The van der Waals surface area contributed by atoms with E-state index in [9.17, 15) is 14.0 Å². The van der Waals surface area contributed by atoms with Crippen LogP contribution in [0.15, 0.2) is 18.3 Å². The van der Waals surface area contributed by atoms with Crippen molar-refractivity contribution in [1.82, 2.24) is 10.5 Å². The molecule has 15 heavy (non-hydrogen) atoms. The van der Waals surface area contributed by atoms with E-state index in [0.717, 1.165) is 0 Å². The first kappa shape index (κ1) is 11.1. The fourth-order valence-electron chi connectivity index (χ4n) is 0.774. The van der Waals surface area contributed by atoms with Crippen LogP contribution < -0.4 is 5.48 Å². The Morgan fingerprint density at radius 1 is 1.60 bits per heavy atom. The molecule has 1 aromatic heterocycles. The Labute approximate surface area is 83.6 Å². The van der Waals surface area contributed by atoms with Crippen LogP contribution >= 0.6 is 0 Å². The van der Waals surface area contributed by atoms with E-state index in [0.29, 0.717) is 0 Å². The van der Waals surface area contributed by atoms with Gasteiger partial charge in [0.05, 0.1) is 5.56 Å². The molecule has 1 aromatic rings. The first-order valence-electron chi connectivity index (χ1n) is 3.85. The van der Waals surface area contributed by atoms with Gasteiger partial charge in [0.15, 0.2) is 6.61 Å². The van der Waals surface area contributed by atoms with E-state index >= 15 is 0 Å². The monoisotopic (exact) mass is 214 g/mol. The second-order valence-corrected chi connectivity index (χ2v) is 2.46. The molecule has 7 heteroatoms. The number of pyridine rings is 1. The summed E-state index contributed by atoms with van der Waals surface area (Å²) in [6.45, 7) is -0.701. The van der Waals surface area contributed by atoms with Gasteiger partial charge in [0.2, 0.25) is 5.95 Å². The molecule has 0 spiro atoms. The molecule has 2 N–H and O–H groups in total. The Hall–Kier alpha value is -2.02. The number of rotatable bonds is 4. The van der Waals surface area contributed by atoms with Gasteiger partial charge in [-0.2, -0.15) is 4.39 Å². The van der Waals surface area contributed by atoms with Gasteiger partial charge in [-0.05, 0) is 12.1 Å². The molecule has 6 nitrogen and oxygen atoms in total. The highest BCUT2D eigenvalue weighted by Crippen LogP contribution is 2.02. The lowest BCUT2D eigenvalue weighted by Gasteiger charge is -2.03. The van der Waals surface area contributed by atoms with Gasteiger partial charge in [-0.1, -0.05) is 0 Å². The Morgan fingerprint density at radius 3 is 2.93 bits per heavy atom. The number of carboxylic acid groups (broad SMARTS) is 1. The third kappa shape index (κ3) is 3.31. The molecule has 0 unspecified atom stereocenters. The van der Waals surface area contributed by atoms with E-state index in [-0.39, 0.29) is 5.56 Å². The van der Waals surface area contributed by atoms with Crippen LogP contribution in [0, 0.1) is 5.95 Å². The Bertz CT molecular complexity index is 383. The lowest BCUT2D eigenvalue weighted by molar-refractivity contribution is -0.144. The van der Waals surface area contributed by atoms with E-state index < -0.39 is 24.4 Å². The number of halogens is 1. The molecule has 0 aromatic carbocycles. The number of hydrogen-bond acceptors (Lipinski definition) is 4. The van der Waals surface area contributed by atoms with E-state index in [4.69, 9.17) is 5.11 Å². The second-order valence-electron chi connectivity index (χ2n) is 2.46. The summed E-state index contributed by atoms with van der Waals surface area (Å²) in [5, 5.41) is 8.19. The van der Waals surface area contributed by atoms with Gasteiger partial charge >= 0.3 is 5.97 Å². The van der Waals surface area contributed by atoms with E-state index in [2.05, 4.69) is 9.82 Å². The smallest absolute Gasteiger partial charge is 0.332 e. The number of aromatic nitrogens is 1. The minimum Gasteiger partial charge on any atom is -0.479 e. The lowest BCUT2D eigenvalue weighted by Crippen LogP contribution is -2.27. The van der Waals surface area contributed by atoms with E-state index in [1.54, 1.807) is 5.48 Å². The molecule has 1 amide bonds. The average Bonchev–Trinajstić information content (AvgIpc) is 2.17. The molecule has 0 saturated carbocycles. The van der Waals surface area contributed by atoms with Gasteiger partial charge in [-0.15, -0.1) is 0 Å². The molecule has 1 rings (SSSR count). The van der Waals surface area contributed by atoms with Crippen LogP contribution in [0.25, 0.3) is 0 Å². The molecule has 0 atom stereocenters. The zero-order valence-electron chi connectivity index (χ0n) is 7.44. The molecule has 0 aliphatic heterocycles. The SMILES string of the molecule is O=C(O)CONC(=O)c1cccnc1F. The van der Waals surface area contributed by atoms with Crippen molar-refractivity contribution in [2.24, 2.45) is 0 Å². The van der Waals surface area contributed by atoms with Crippen LogP contribution in [0.4, 0.5) is 4.39 Å². The first-order valence-corrected chi connectivity index (χ1v) is 3.85.